The molecule has 0 aliphatic heterocycles. The van der Waals surface area contributed by atoms with Crippen LogP contribution in [0.3, 0.4) is 0 Å². The van der Waals surface area contributed by atoms with Crippen molar-refractivity contribution < 1.29 is 9.47 Å². The third-order valence-corrected chi connectivity index (χ3v) is 5.56. The molecule has 0 fully saturated rings. The van der Waals surface area contributed by atoms with Gasteiger partial charge in [0.1, 0.15) is 30.5 Å². The monoisotopic (exact) mass is 428 g/mol. The van der Waals surface area contributed by atoms with Crippen molar-refractivity contribution in [3.63, 3.8) is 0 Å². The van der Waals surface area contributed by atoms with Gasteiger partial charge in [-0.05, 0) is 35.7 Å². The highest BCUT2D eigenvalue weighted by Gasteiger charge is 2.12. The molecular weight excluding hydrogens is 408 g/mol. The summed E-state index contributed by atoms with van der Waals surface area (Å²) >= 11 is 6.21. The zero-order chi connectivity index (χ0) is 21.0. The molecule has 4 aromatic carbocycles. The molecular formula is C26H21ClN2O2. The Bertz CT molecular complexity index is 1340. The molecule has 0 aliphatic carbocycles. The van der Waals surface area contributed by atoms with E-state index in [1.165, 1.54) is 0 Å². The largest absolute Gasteiger partial charge is 0.490 e. The fraction of sp³-hybridized carbons (Fsp3) is 0.115. The maximum absolute atomic E-state index is 6.21. The Kier molecular flexibility index (Phi) is 5.46. The molecule has 0 spiro atoms. The van der Waals surface area contributed by atoms with Crippen LogP contribution in [-0.2, 0) is 13.2 Å². The number of imidazole rings is 1. The minimum absolute atomic E-state index is 0.370. The lowest BCUT2D eigenvalue weighted by Gasteiger charge is -2.13. The highest BCUT2D eigenvalue weighted by molar-refractivity contribution is 6.32. The number of hydrogen-bond acceptors (Lipinski definition) is 3. The van der Waals surface area contributed by atoms with Crippen LogP contribution in [0.2, 0.25) is 5.02 Å². The molecule has 1 heterocycles. The quantitative estimate of drug-likeness (QED) is 0.297. The molecule has 5 aromatic rings. The maximum atomic E-state index is 6.21. The van der Waals surface area contributed by atoms with E-state index < -0.39 is 0 Å². The van der Waals surface area contributed by atoms with E-state index in [4.69, 9.17) is 26.1 Å². The van der Waals surface area contributed by atoms with Crippen molar-refractivity contribution >= 4 is 33.4 Å². The van der Waals surface area contributed by atoms with Crippen LogP contribution in [0.15, 0.2) is 91.0 Å². The van der Waals surface area contributed by atoms with E-state index in [-0.39, 0.29) is 0 Å². The summed E-state index contributed by atoms with van der Waals surface area (Å²) in [6.07, 6.45) is 0. The molecule has 5 rings (SSSR count). The van der Waals surface area contributed by atoms with Gasteiger partial charge in [0.15, 0.2) is 0 Å². The Morgan fingerprint density at radius 3 is 2.42 bits per heavy atom. The highest BCUT2D eigenvalue weighted by Crippen LogP contribution is 2.27. The minimum atomic E-state index is 0.370. The normalized spacial score (nSPS) is 11.1. The van der Waals surface area contributed by atoms with Crippen molar-refractivity contribution in [2.75, 3.05) is 6.61 Å². The van der Waals surface area contributed by atoms with Gasteiger partial charge in [-0.1, -0.05) is 72.3 Å². The Hall–Kier alpha value is -3.50. The standard InChI is InChI=1S/C26H21ClN2O2/c27-21-11-3-6-14-25(21)30-17-16-29-23-13-5-4-12-22(23)28-26(29)18-31-24-15-7-9-19-8-1-2-10-20(19)24/h1-15H,16-18H2. The predicted octanol–water partition coefficient (Wildman–Crippen LogP) is 6.50. The molecule has 4 nitrogen and oxygen atoms in total. The molecule has 0 unspecified atom stereocenters. The Labute approximate surface area is 185 Å². The van der Waals surface area contributed by atoms with Crippen LogP contribution in [0.1, 0.15) is 5.82 Å². The van der Waals surface area contributed by atoms with Crippen LogP contribution in [0.4, 0.5) is 0 Å². The summed E-state index contributed by atoms with van der Waals surface area (Å²) in [5.41, 5.74) is 2.00. The molecule has 5 heteroatoms. The average molecular weight is 429 g/mol. The first-order valence-corrected chi connectivity index (χ1v) is 10.6. The second-order valence-electron chi connectivity index (χ2n) is 7.21. The molecule has 0 aliphatic rings. The number of benzene rings is 4. The average Bonchev–Trinajstić information content (AvgIpc) is 3.16. The summed E-state index contributed by atoms with van der Waals surface area (Å²) in [6, 6.07) is 29.9. The van der Waals surface area contributed by atoms with Crippen molar-refractivity contribution in [1.82, 2.24) is 9.55 Å². The lowest BCUT2D eigenvalue weighted by molar-refractivity contribution is 0.274. The third-order valence-electron chi connectivity index (χ3n) is 5.25. The molecule has 0 saturated carbocycles. The number of halogens is 1. The Morgan fingerprint density at radius 2 is 1.48 bits per heavy atom. The van der Waals surface area contributed by atoms with Crippen molar-refractivity contribution in [3.8, 4) is 11.5 Å². The topological polar surface area (TPSA) is 36.3 Å². The molecule has 0 N–H and O–H groups in total. The maximum Gasteiger partial charge on any atom is 0.148 e. The first-order chi connectivity index (χ1) is 15.3. The van der Waals surface area contributed by atoms with Gasteiger partial charge in [-0.2, -0.15) is 0 Å². The van der Waals surface area contributed by atoms with Crippen LogP contribution >= 0.6 is 11.6 Å². The minimum Gasteiger partial charge on any atom is -0.490 e. The van der Waals surface area contributed by atoms with E-state index >= 15 is 0 Å². The summed E-state index contributed by atoms with van der Waals surface area (Å²) in [5.74, 6) is 2.39. The van der Waals surface area contributed by atoms with Gasteiger partial charge in [-0.25, -0.2) is 4.98 Å². The number of nitrogens with zero attached hydrogens (tertiary/aromatic N) is 2. The van der Waals surface area contributed by atoms with Gasteiger partial charge < -0.3 is 14.0 Å². The smallest absolute Gasteiger partial charge is 0.148 e. The second kappa shape index (κ2) is 8.70. The molecule has 0 atom stereocenters. The van der Waals surface area contributed by atoms with Gasteiger partial charge in [-0.3, -0.25) is 0 Å². The van der Waals surface area contributed by atoms with Crippen molar-refractivity contribution in [2.24, 2.45) is 0 Å². The third kappa shape index (κ3) is 4.07. The first-order valence-electron chi connectivity index (χ1n) is 10.2. The first kappa shape index (κ1) is 19.5. The van der Waals surface area contributed by atoms with Crippen LogP contribution in [0.25, 0.3) is 21.8 Å². The fourth-order valence-corrected chi connectivity index (χ4v) is 3.95. The van der Waals surface area contributed by atoms with Gasteiger partial charge >= 0.3 is 0 Å². The summed E-state index contributed by atoms with van der Waals surface area (Å²) < 4.78 is 14.3. The Balaban J connectivity index is 1.38. The van der Waals surface area contributed by atoms with E-state index in [0.717, 1.165) is 33.4 Å². The van der Waals surface area contributed by atoms with E-state index in [0.29, 0.717) is 30.5 Å². The molecule has 0 saturated heterocycles. The number of rotatable bonds is 7. The number of ether oxygens (including phenoxy) is 2. The zero-order valence-corrected chi connectivity index (χ0v) is 17.6. The van der Waals surface area contributed by atoms with Gasteiger partial charge in [-0.15, -0.1) is 0 Å². The van der Waals surface area contributed by atoms with Crippen LogP contribution in [-0.4, -0.2) is 16.2 Å². The van der Waals surface area contributed by atoms with Crippen molar-refractivity contribution in [1.29, 1.82) is 0 Å². The molecule has 31 heavy (non-hydrogen) atoms. The van der Waals surface area contributed by atoms with Crippen LogP contribution in [0.5, 0.6) is 11.5 Å². The number of aromatic nitrogens is 2. The fourth-order valence-electron chi connectivity index (χ4n) is 3.76. The van der Waals surface area contributed by atoms with E-state index in [2.05, 4.69) is 28.8 Å². The van der Waals surface area contributed by atoms with Crippen molar-refractivity contribution in [3.05, 3.63) is 102 Å². The van der Waals surface area contributed by atoms with Gasteiger partial charge in [0, 0.05) is 5.39 Å². The Morgan fingerprint density at radius 1 is 0.742 bits per heavy atom. The highest BCUT2D eigenvalue weighted by atomic mass is 35.5. The molecule has 154 valence electrons. The van der Waals surface area contributed by atoms with Crippen LogP contribution < -0.4 is 9.47 Å². The number of hydrogen-bond donors (Lipinski definition) is 0. The van der Waals surface area contributed by atoms with E-state index in [9.17, 15) is 0 Å². The summed E-state index contributed by atoms with van der Waals surface area (Å²) in [7, 11) is 0. The molecule has 1 aromatic heterocycles. The second-order valence-corrected chi connectivity index (χ2v) is 7.62. The lowest BCUT2D eigenvalue weighted by atomic mass is 10.1. The SMILES string of the molecule is Clc1ccccc1OCCn1c(COc2cccc3ccccc23)nc2ccccc21. The zero-order valence-electron chi connectivity index (χ0n) is 16.9. The number of fused-ring (bicyclic) bond motifs is 2. The summed E-state index contributed by atoms with van der Waals surface area (Å²) in [4.78, 5) is 4.81. The van der Waals surface area contributed by atoms with E-state index in [1.807, 2.05) is 66.7 Å². The summed E-state index contributed by atoms with van der Waals surface area (Å²) in [6.45, 7) is 1.49. The van der Waals surface area contributed by atoms with Gasteiger partial charge in [0.05, 0.1) is 22.6 Å². The molecule has 0 bridgehead atoms. The number of para-hydroxylation sites is 3. The lowest BCUT2D eigenvalue weighted by Crippen LogP contribution is -2.13. The summed E-state index contributed by atoms with van der Waals surface area (Å²) in [5, 5.41) is 2.86. The van der Waals surface area contributed by atoms with E-state index in [1.54, 1.807) is 0 Å². The predicted molar refractivity (Wildman–Crippen MR) is 125 cm³/mol. The van der Waals surface area contributed by atoms with Gasteiger partial charge in [0.25, 0.3) is 0 Å². The van der Waals surface area contributed by atoms with Crippen molar-refractivity contribution in [2.45, 2.75) is 13.2 Å². The van der Waals surface area contributed by atoms with Gasteiger partial charge in [0.2, 0.25) is 0 Å². The molecule has 0 radical (unpaired) electrons. The van der Waals surface area contributed by atoms with Crippen LogP contribution in [0, 0.1) is 0 Å². The molecule has 0 amide bonds.